The fraction of sp³-hybridized carbons (Fsp3) is 0.364. The summed E-state index contributed by atoms with van der Waals surface area (Å²) in [4.78, 5) is 24.4. The highest BCUT2D eigenvalue weighted by molar-refractivity contribution is 7.99. The van der Waals surface area contributed by atoms with Crippen molar-refractivity contribution < 1.29 is 14.7 Å². The third kappa shape index (κ3) is 4.36. The monoisotopic (exact) mass is 370 g/mol. The first-order valence-electron chi connectivity index (χ1n) is 9.07. The van der Waals surface area contributed by atoms with Crippen molar-refractivity contribution >= 4 is 23.5 Å². The van der Waals surface area contributed by atoms with Crippen LogP contribution in [0.1, 0.15) is 37.0 Å². The summed E-state index contributed by atoms with van der Waals surface area (Å²) in [7, 11) is 0. The van der Waals surface area contributed by atoms with E-state index in [9.17, 15) is 14.7 Å². The Morgan fingerprint density at radius 3 is 2.04 bits per heavy atom. The zero-order valence-corrected chi connectivity index (χ0v) is 16.3. The lowest BCUT2D eigenvalue weighted by molar-refractivity contribution is -0.142. The number of carboxylic acids is 1. The summed E-state index contributed by atoms with van der Waals surface area (Å²) in [5.74, 6) is -1.89. The van der Waals surface area contributed by atoms with Crippen molar-refractivity contribution in [2.24, 2.45) is 11.8 Å². The molecule has 0 heterocycles. The summed E-state index contributed by atoms with van der Waals surface area (Å²) in [5.41, 5.74) is 2.76. The normalized spacial score (nSPS) is 21.6. The third-order valence-electron chi connectivity index (χ3n) is 4.80. The second-order valence-electron chi connectivity index (χ2n) is 6.13. The molecule has 1 saturated carbocycles. The number of Topliss-reactive ketones (excluding diaryl/α,β-unsaturated/α-hetero) is 1. The Labute approximate surface area is 159 Å². The second-order valence-corrected chi connectivity index (χ2v) is 7.21. The van der Waals surface area contributed by atoms with Crippen molar-refractivity contribution in [3.8, 4) is 11.1 Å². The van der Waals surface area contributed by atoms with Crippen LogP contribution in [0.25, 0.3) is 11.1 Å². The predicted molar refractivity (Wildman–Crippen MR) is 109 cm³/mol. The lowest BCUT2D eigenvalue weighted by Gasteiger charge is -2.19. The van der Waals surface area contributed by atoms with Gasteiger partial charge in [0.2, 0.25) is 0 Å². The second kappa shape index (κ2) is 9.58. The van der Waals surface area contributed by atoms with Gasteiger partial charge in [-0.2, -0.15) is 11.8 Å². The first-order valence-corrected chi connectivity index (χ1v) is 10.4. The molecule has 3 nitrogen and oxygen atoms in total. The first-order chi connectivity index (χ1) is 12.6. The topological polar surface area (TPSA) is 54.4 Å². The molecule has 0 bridgehead atoms. The minimum absolute atomic E-state index is 0.0278. The van der Waals surface area contributed by atoms with Crippen molar-refractivity contribution in [2.75, 3.05) is 6.26 Å². The van der Waals surface area contributed by atoms with Gasteiger partial charge in [-0.15, -0.1) is 0 Å². The summed E-state index contributed by atoms with van der Waals surface area (Å²) in [6, 6.07) is 17.5. The molecule has 3 atom stereocenters. The number of hydrogen-bond acceptors (Lipinski definition) is 3. The zero-order chi connectivity index (χ0) is 19.1. The number of carbonyl (C=O) groups excluding carboxylic acids is 1. The van der Waals surface area contributed by atoms with Gasteiger partial charge in [-0.3, -0.25) is 9.59 Å². The average Bonchev–Trinajstić information content (AvgIpc) is 3.14. The highest BCUT2D eigenvalue weighted by Crippen LogP contribution is 2.40. The third-order valence-corrected chi connectivity index (χ3v) is 5.93. The molecule has 138 valence electrons. The van der Waals surface area contributed by atoms with Gasteiger partial charge < -0.3 is 5.11 Å². The Morgan fingerprint density at radius 2 is 1.50 bits per heavy atom. The fourth-order valence-corrected chi connectivity index (χ4v) is 4.49. The molecule has 2 aromatic carbocycles. The van der Waals surface area contributed by atoms with Gasteiger partial charge in [0.25, 0.3) is 0 Å². The molecule has 26 heavy (non-hydrogen) atoms. The Kier molecular flexibility index (Phi) is 7.46. The molecular formula is C22H26O3S. The Balaban J connectivity index is 0.00000117. The summed E-state index contributed by atoms with van der Waals surface area (Å²) < 4.78 is 0. The van der Waals surface area contributed by atoms with E-state index in [0.29, 0.717) is 12.0 Å². The maximum Gasteiger partial charge on any atom is 0.308 e. The maximum atomic E-state index is 12.8. The van der Waals surface area contributed by atoms with Crippen LogP contribution in [0, 0.1) is 11.8 Å². The number of rotatable bonds is 5. The van der Waals surface area contributed by atoms with Crippen molar-refractivity contribution in [3.05, 3.63) is 60.2 Å². The Bertz CT molecular complexity index is 725. The van der Waals surface area contributed by atoms with Crippen molar-refractivity contribution in [3.63, 3.8) is 0 Å². The van der Waals surface area contributed by atoms with E-state index >= 15 is 0 Å². The van der Waals surface area contributed by atoms with Crippen LogP contribution in [-0.4, -0.2) is 28.4 Å². The quantitative estimate of drug-likeness (QED) is 0.716. The minimum Gasteiger partial charge on any atom is -0.481 e. The van der Waals surface area contributed by atoms with Crippen LogP contribution in [0.2, 0.25) is 0 Å². The average molecular weight is 371 g/mol. The summed E-state index contributed by atoms with van der Waals surface area (Å²) in [6.07, 6.45) is 3.36. The van der Waals surface area contributed by atoms with E-state index in [2.05, 4.69) is 0 Å². The van der Waals surface area contributed by atoms with Gasteiger partial charge in [-0.05, 0) is 30.2 Å². The van der Waals surface area contributed by atoms with Crippen LogP contribution in [0.5, 0.6) is 0 Å². The molecular weight excluding hydrogens is 344 g/mol. The van der Waals surface area contributed by atoms with Gasteiger partial charge in [-0.25, -0.2) is 0 Å². The predicted octanol–water partition coefficient (Wildman–Crippen LogP) is 5.40. The number of benzene rings is 2. The van der Waals surface area contributed by atoms with Crippen LogP contribution < -0.4 is 0 Å². The van der Waals surface area contributed by atoms with E-state index in [1.54, 1.807) is 11.8 Å². The lowest BCUT2D eigenvalue weighted by atomic mass is 9.88. The standard InChI is InChI=1S/C20H20O3S.C2H6/c1-24-17-12-11-16(18(17)20(22)23)19(21)15-9-7-14(8-10-15)13-5-3-2-4-6-13;1-2/h2-10,16-18H,11-12H2,1H3,(H,22,23);1-2H3. The molecule has 1 aliphatic carbocycles. The summed E-state index contributed by atoms with van der Waals surface area (Å²) in [5, 5.41) is 9.54. The van der Waals surface area contributed by atoms with Crippen molar-refractivity contribution in [1.29, 1.82) is 0 Å². The van der Waals surface area contributed by atoms with Crippen LogP contribution in [0.15, 0.2) is 54.6 Å². The van der Waals surface area contributed by atoms with Crippen molar-refractivity contribution in [1.82, 2.24) is 0 Å². The van der Waals surface area contributed by atoms with Gasteiger partial charge in [0.05, 0.1) is 5.92 Å². The molecule has 2 aromatic rings. The molecule has 0 saturated heterocycles. The number of carboxylic acid groups (broad SMARTS) is 1. The van der Waals surface area contributed by atoms with Gasteiger partial charge in [0.1, 0.15) is 0 Å². The molecule has 0 amide bonds. The molecule has 3 rings (SSSR count). The highest BCUT2D eigenvalue weighted by Gasteiger charge is 2.44. The van der Waals surface area contributed by atoms with E-state index in [1.807, 2.05) is 74.7 Å². The van der Waals surface area contributed by atoms with Crippen LogP contribution in [0.4, 0.5) is 0 Å². The van der Waals surface area contributed by atoms with Crippen LogP contribution >= 0.6 is 11.8 Å². The molecule has 0 spiro atoms. The molecule has 0 aromatic heterocycles. The van der Waals surface area contributed by atoms with Gasteiger partial charge >= 0.3 is 5.97 Å². The van der Waals surface area contributed by atoms with Gasteiger partial charge in [-0.1, -0.05) is 68.4 Å². The highest BCUT2D eigenvalue weighted by atomic mass is 32.2. The molecule has 4 heteroatoms. The Hall–Kier alpha value is -2.07. The van der Waals surface area contributed by atoms with Crippen LogP contribution in [0.3, 0.4) is 0 Å². The largest absolute Gasteiger partial charge is 0.481 e. The van der Waals surface area contributed by atoms with Gasteiger partial charge in [0.15, 0.2) is 5.78 Å². The SMILES string of the molecule is CC.CSC1CCC(C(=O)c2ccc(-c3ccccc3)cc2)C1C(=O)O. The first kappa shape index (κ1) is 20.2. The smallest absolute Gasteiger partial charge is 0.308 e. The number of carbonyl (C=O) groups is 2. The Morgan fingerprint density at radius 1 is 0.923 bits per heavy atom. The van der Waals surface area contributed by atoms with Crippen LogP contribution in [-0.2, 0) is 4.79 Å². The lowest BCUT2D eigenvalue weighted by Crippen LogP contribution is -2.30. The molecule has 1 N–H and O–H groups in total. The molecule has 0 radical (unpaired) electrons. The fourth-order valence-electron chi connectivity index (χ4n) is 3.52. The number of thioether (sulfide) groups is 1. The minimum atomic E-state index is -0.855. The van der Waals surface area contributed by atoms with E-state index in [-0.39, 0.29) is 11.0 Å². The van der Waals surface area contributed by atoms with E-state index in [4.69, 9.17) is 0 Å². The molecule has 1 aliphatic rings. The summed E-state index contributed by atoms with van der Waals surface area (Å²) >= 11 is 1.55. The van der Waals surface area contributed by atoms with Crippen molar-refractivity contribution in [2.45, 2.75) is 31.9 Å². The summed E-state index contributed by atoms with van der Waals surface area (Å²) in [6.45, 7) is 4.00. The molecule has 3 unspecified atom stereocenters. The van der Waals surface area contributed by atoms with E-state index < -0.39 is 17.8 Å². The number of hydrogen-bond donors (Lipinski definition) is 1. The maximum absolute atomic E-state index is 12.8. The van der Waals surface area contributed by atoms with E-state index in [1.165, 1.54) is 0 Å². The number of ketones is 1. The zero-order valence-electron chi connectivity index (χ0n) is 15.5. The van der Waals surface area contributed by atoms with E-state index in [0.717, 1.165) is 17.5 Å². The number of aliphatic carboxylic acids is 1. The molecule has 0 aliphatic heterocycles. The molecule has 1 fully saturated rings. The van der Waals surface area contributed by atoms with Gasteiger partial charge in [0, 0.05) is 16.7 Å².